The van der Waals surface area contributed by atoms with Crippen molar-refractivity contribution in [3.63, 3.8) is 0 Å². The fourth-order valence-electron chi connectivity index (χ4n) is 2.82. The Labute approximate surface area is 138 Å². The van der Waals surface area contributed by atoms with Crippen LogP contribution in [0.4, 0.5) is 4.79 Å². The summed E-state index contributed by atoms with van der Waals surface area (Å²) in [4.78, 5) is 10.2. The van der Waals surface area contributed by atoms with E-state index in [1.54, 1.807) is 0 Å². The van der Waals surface area contributed by atoms with E-state index in [-0.39, 0.29) is 0 Å². The van der Waals surface area contributed by atoms with Crippen molar-refractivity contribution in [3.05, 3.63) is 0 Å². The van der Waals surface area contributed by atoms with Crippen molar-refractivity contribution in [1.82, 2.24) is 5.73 Å². The van der Waals surface area contributed by atoms with Crippen LogP contribution < -0.4 is 5.73 Å². The molecule has 0 unspecified atom stereocenters. The monoisotopic (exact) mass is 312 g/mol. The number of carbonyl (C=O) groups excluding carboxylic acids is 1. The quantitative estimate of drug-likeness (QED) is 0.282. The Balaban J connectivity index is 2.95. The molecular weight excluding hydrogens is 274 g/mol. The van der Waals surface area contributed by atoms with Gasteiger partial charge in [0.1, 0.15) is 0 Å². The van der Waals surface area contributed by atoms with Crippen LogP contribution in [0.15, 0.2) is 0 Å². The van der Waals surface area contributed by atoms with Crippen LogP contribution in [0.3, 0.4) is 0 Å². The highest BCUT2D eigenvalue weighted by Crippen LogP contribution is 2.13. The molecule has 0 aromatic heterocycles. The lowest BCUT2D eigenvalue weighted by Gasteiger charge is -2.03. The van der Waals surface area contributed by atoms with Gasteiger partial charge in [-0.15, -0.1) is 0 Å². The van der Waals surface area contributed by atoms with Crippen molar-refractivity contribution in [2.24, 2.45) is 0 Å². The molecule has 0 bridgehead atoms. The maximum Gasteiger partial charge on any atom is 0.426 e. The Morgan fingerprint density at radius 3 is 1.27 bits per heavy atom. The Hall–Kier alpha value is -0.730. The van der Waals surface area contributed by atoms with E-state index in [4.69, 9.17) is 5.73 Å². The Kier molecular flexibility index (Phi) is 17.7. The lowest BCUT2D eigenvalue weighted by atomic mass is 10.0. The minimum Gasteiger partial charge on any atom is -0.448 e. The summed E-state index contributed by atoms with van der Waals surface area (Å²) in [6, 6.07) is 0. The van der Waals surface area contributed by atoms with Gasteiger partial charge in [-0.1, -0.05) is 103 Å². The van der Waals surface area contributed by atoms with Crippen LogP contribution in [0.5, 0.6) is 0 Å². The molecule has 3 nitrogen and oxygen atoms in total. The van der Waals surface area contributed by atoms with Gasteiger partial charge in [-0.3, -0.25) is 0 Å². The van der Waals surface area contributed by atoms with Crippen LogP contribution in [0.1, 0.15) is 110 Å². The Morgan fingerprint density at radius 2 is 0.955 bits per heavy atom. The van der Waals surface area contributed by atoms with Crippen LogP contribution in [0, 0.1) is 0 Å². The van der Waals surface area contributed by atoms with E-state index < -0.39 is 6.09 Å². The van der Waals surface area contributed by atoms with Crippen LogP contribution in [0.25, 0.3) is 0 Å². The number of carbonyl (C=O) groups is 1. The van der Waals surface area contributed by atoms with Gasteiger partial charge in [-0.25, -0.2) is 10.5 Å². The van der Waals surface area contributed by atoms with E-state index >= 15 is 0 Å². The van der Waals surface area contributed by atoms with Gasteiger partial charge in [0.2, 0.25) is 0 Å². The molecule has 0 rings (SSSR count). The minimum absolute atomic E-state index is 0.417. The molecule has 0 saturated heterocycles. The van der Waals surface area contributed by atoms with E-state index in [9.17, 15) is 4.79 Å². The van der Waals surface area contributed by atoms with Gasteiger partial charge in [0.15, 0.2) is 0 Å². The molecular formula is C19H38NO2. The van der Waals surface area contributed by atoms with Crippen molar-refractivity contribution in [2.75, 3.05) is 6.61 Å². The van der Waals surface area contributed by atoms with Crippen molar-refractivity contribution in [3.8, 4) is 0 Å². The summed E-state index contributed by atoms with van der Waals surface area (Å²) in [5.41, 5.74) is 6.61. The molecule has 3 heteroatoms. The second-order valence-electron chi connectivity index (χ2n) is 6.44. The summed E-state index contributed by atoms with van der Waals surface area (Å²) >= 11 is 0. The smallest absolute Gasteiger partial charge is 0.426 e. The van der Waals surface area contributed by atoms with Crippen molar-refractivity contribution in [2.45, 2.75) is 110 Å². The fraction of sp³-hybridized carbons (Fsp3) is 0.947. The first-order chi connectivity index (χ1) is 10.8. The van der Waals surface area contributed by atoms with Crippen LogP contribution >= 0.6 is 0 Å². The molecule has 0 aliphatic rings. The molecule has 0 aromatic rings. The average Bonchev–Trinajstić information content (AvgIpc) is 2.50. The fourth-order valence-corrected chi connectivity index (χ4v) is 2.82. The maximum atomic E-state index is 10.2. The molecule has 0 heterocycles. The molecule has 131 valence electrons. The number of nitrogens with one attached hydrogen (secondary N) is 1. The highest BCUT2D eigenvalue weighted by molar-refractivity contribution is 5.63. The van der Waals surface area contributed by atoms with Crippen molar-refractivity contribution >= 4 is 6.09 Å². The van der Waals surface area contributed by atoms with Gasteiger partial charge in [-0.2, -0.15) is 0 Å². The highest BCUT2D eigenvalue weighted by atomic mass is 16.5. The molecule has 0 saturated carbocycles. The lowest BCUT2D eigenvalue weighted by molar-refractivity contribution is 0.152. The van der Waals surface area contributed by atoms with Gasteiger partial charge in [0.25, 0.3) is 0 Å². The molecule has 1 N–H and O–H groups in total. The van der Waals surface area contributed by atoms with E-state index in [2.05, 4.69) is 11.7 Å². The number of hydrogen-bond acceptors (Lipinski definition) is 2. The number of ether oxygens (including phenoxy) is 1. The third-order valence-corrected chi connectivity index (χ3v) is 4.23. The van der Waals surface area contributed by atoms with Crippen LogP contribution in [0.2, 0.25) is 0 Å². The molecule has 0 aliphatic heterocycles. The predicted molar refractivity (Wildman–Crippen MR) is 94.0 cm³/mol. The highest BCUT2D eigenvalue weighted by Gasteiger charge is 1.96. The lowest BCUT2D eigenvalue weighted by Crippen LogP contribution is -2.03. The average molecular weight is 313 g/mol. The van der Waals surface area contributed by atoms with Crippen molar-refractivity contribution in [1.29, 1.82) is 0 Å². The van der Waals surface area contributed by atoms with Crippen molar-refractivity contribution < 1.29 is 9.53 Å². The normalized spacial score (nSPS) is 10.8. The summed E-state index contributed by atoms with van der Waals surface area (Å²) in [5, 5.41) is 0. The predicted octanol–water partition coefficient (Wildman–Crippen LogP) is 6.67. The van der Waals surface area contributed by atoms with E-state index in [0.29, 0.717) is 6.61 Å². The first kappa shape index (κ1) is 21.3. The minimum atomic E-state index is -0.902. The largest absolute Gasteiger partial charge is 0.448 e. The second-order valence-corrected chi connectivity index (χ2v) is 6.44. The van der Waals surface area contributed by atoms with Gasteiger partial charge in [-0.05, 0) is 6.42 Å². The molecule has 0 aliphatic carbocycles. The zero-order chi connectivity index (χ0) is 16.3. The third-order valence-electron chi connectivity index (χ3n) is 4.23. The number of hydrogen-bond donors (Lipinski definition) is 0. The van der Waals surface area contributed by atoms with Crippen LogP contribution in [-0.2, 0) is 4.74 Å². The zero-order valence-corrected chi connectivity index (χ0v) is 14.8. The topological polar surface area (TPSA) is 50.1 Å². The molecule has 0 atom stereocenters. The first-order valence-corrected chi connectivity index (χ1v) is 9.65. The summed E-state index contributed by atoms with van der Waals surface area (Å²) < 4.78 is 4.59. The second kappa shape index (κ2) is 18.3. The standard InChI is InChI=1S/C19H38NO2/c1-2-3-4-5-6-7-8-9-10-11-12-13-14-15-16-17-18-22-19(20)21/h20H,2-18H2,1H3. The number of amides is 1. The van der Waals surface area contributed by atoms with E-state index in [1.807, 2.05) is 0 Å². The van der Waals surface area contributed by atoms with Gasteiger partial charge >= 0.3 is 6.09 Å². The first-order valence-electron chi connectivity index (χ1n) is 9.65. The molecule has 0 fully saturated rings. The number of unbranched alkanes of at least 4 members (excludes halogenated alkanes) is 15. The zero-order valence-electron chi connectivity index (χ0n) is 14.8. The number of rotatable bonds is 17. The SMILES string of the molecule is CCCCCCCCCCCCCCCCCCOC([NH])=O. The molecule has 0 aromatic carbocycles. The summed E-state index contributed by atoms with van der Waals surface area (Å²) in [5.74, 6) is 0. The van der Waals surface area contributed by atoms with Gasteiger partial charge in [0, 0.05) is 0 Å². The summed E-state index contributed by atoms with van der Waals surface area (Å²) in [6.07, 6.45) is 20.5. The summed E-state index contributed by atoms with van der Waals surface area (Å²) in [7, 11) is 0. The molecule has 22 heavy (non-hydrogen) atoms. The van der Waals surface area contributed by atoms with Gasteiger partial charge < -0.3 is 4.74 Å². The van der Waals surface area contributed by atoms with Crippen LogP contribution in [-0.4, -0.2) is 12.7 Å². The molecule has 1 amide bonds. The maximum absolute atomic E-state index is 10.2. The van der Waals surface area contributed by atoms with E-state index in [1.165, 1.54) is 89.9 Å². The van der Waals surface area contributed by atoms with Gasteiger partial charge in [0.05, 0.1) is 6.61 Å². The van der Waals surface area contributed by atoms with E-state index in [0.717, 1.165) is 12.8 Å². The molecule has 0 spiro atoms. The summed E-state index contributed by atoms with van der Waals surface area (Å²) in [6.45, 7) is 2.69. The molecule has 1 radical (unpaired) electrons. The Bertz CT molecular complexity index is 231. The third kappa shape index (κ3) is 19.3. The Morgan fingerprint density at radius 1 is 0.636 bits per heavy atom.